The van der Waals surface area contributed by atoms with Gasteiger partial charge < -0.3 is 0 Å². The van der Waals surface area contributed by atoms with E-state index in [-0.39, 0.29) is 0 Å². The average Bonchev–Trinajstić information content (AvgIpc) is 2.85. The highest BCUT2D eigenvalue weighted by Gasteiger charge is 2.07. The highest BCUT2D eigenvalue weighted by molar-refractivity contribution is 9.10. The molecule has 0 amide bonds. The summed E-state index contributed by atoms with van der Waals surface area (Å²) in [6.45, 7) is 0. The van der Waals surface area contributed by atoms with Crippen LogP contribution in [0.1, 0.15) is 0 Å². The molecule has 1 heteroatoms. The van der Waals surface area contributed by atoms with Crippen LogP contribution in [0.4, 0.5) is 0 Å². The lowest BCUT2D eigenvalue weighted by Crippen LogP contribution is -1.85. The van der Waals surface area contributed by atoms with E-state index < -0.39 is 0 Å². The number of rotatable bonds is 4. The predicted molar refractivity (Wildman–Crippen MR) is 136 cm³/mol. The summed E-state index contributed by atoms with van der Waals surface area (Å²) in [5.41, 5.74) is 9.74. The molecule has 31 heavy (non-hydrogen) atoms. The normalized spacial score (nSPS) is 10.7. The molecule has 0 N–H and O–H groups in total. The molecule has 0 nitrogen and oxygen atoms in total. The lowest BCUT2D eigenvalue weighted by atomic mass is 9.95. The van der Waals surface area contributed by atoms with E-state index in [2.05, 4.69) is 143 Å². The van der Waals surface area contributed by atoms with Gasteiger partial charge in [0.1, 0.15) is 0 Å². The van der Waals surface area contributed by atoms with Crippen molar-refractivity contribution in [3.8, 4) is 44.5 Å². The zero-order chi connectivity index (χ0) is 21.0. The highest BCUT2D eigenvalue weighted by atomic mass is 79.9. The van der Waals surface area contributed by atoms with E-state index in [9.17, 15) is 0 Å². The molecule has 5 aromatic rings. The van der Waals surface area contributed by atoms with Crippen molar-refractivity contribution in [1.29, 1.82) is 0 Å². The van der Waals surface area contributed by atoms with Gasteiger partial charge in [-0.25, -0.2) is 0 Å². The van der Waals surface area contributed by atoms with E-state index in [1.54, 1.807) is 0 Å². The Hall–Kier alpha value is -3.42. The molecule has 0 unspecified atom stereocenters. The van der Waals surface area contributed by atoms with Crippen LogP contribution in [-0.4, -0.2) is 0 Å². The van der Waals surface area contributed by atoms with Gasteiger partial charge in [0.15, 0.2) is 0 Å². The molecule has 0 spiro atoms. The van der Waals surface area contributed by atoms with Gasteiger partial charge in [-0.1, -0.05) is 113 Å². The van der Waals surface area contributed by atoms with Gasteiger partial charge in [-0.3, -0.25) is 0 Å². The monoisotopic (exact) mass is 460 g/mol. The van der Waals surface area contributed by atoms with Gasteiger partial charge in [-0.05, 0) is 74.8 Å². The second-order valence-corrected chi connectivity index (χ2v) is 8.54. The fourth-order valence-electron chi connectivity index (χ4n) is 3.94. The molecule has 5 rings (SSSR count). The predicted octanol–water partition coefficient (Wildman–Crippen LogP) is 9.12. The molecule has 0 heterocycles. The van der Waals surface area contributed by atoms with E-state index in [0.29, 0.717) is 0 Å². The standard InChI is InChI=1S/C30H21Br/c31-30-20-28(26-15-7-13-24(17-26)22-9-3-1-4-10-22)19-29(21-30)27-16-8-14-25(18-27)23-11-5-2-6-12-23/h1-21H. The lowest BCUT2D eigenvalue weighted by Gasteiger charge is -2.11. The van der Waals surface area contributed by atoms with Gasteiger partial charge in [0.2, 0.25) is 0 Å². The summed E-state index contributed by atoms with van der Waals surface area (Å²) >= 11 is 3.73. The maximum Gasteiger partial charge on any atom is 0.0187 e. The van der Waals surface area contributed by atoms with Gasteiger partial charge in [0, 0.05) is 4.47 Å². The van der Waals surface area contributed by atoms with Crippen LogP contribution in [0.5, 0.6) is 0 Å². The first-order valence-corrected chi connectivity index (χ1v) is 11.2. The third kappa shape index (κ3) is 4.38. The van der Waals surface area contributed by atoms with Crippen molar-refractivity contribution >= 4 is 15.9 Å². The Morgan fingerprint density at radius 1 is 0.290 bits per heavy atom. The van der Waals surface area contributed by atoms with E-state index in [0.717, 1.165) is 4.47 Å². The van der Waals surface area contributed by atoms with Crippen LogP contribution in [-0.2, 0) is 0 Å². The van der Waals surface area contributed by atoms with E-state index >= 15 is 0 Å². The van der Waals surface area contributed by atoms with Gasteiger partial charge in [0.05, 0.1) is 0 Å². The minimum atomic E-state index is 1.08. The first kappa shape index (κ1) is 19.5. The Morgan fingerprint density at radius 2 is 0.613 bits per heavy atom. The van der Waals surface area contributed by atoms with E-state index in [1.165, 1.54) is 44.5 Å². The summed E-state index contributed by atoms with van der Waals surface area (Å²) in [6.07, 6.45) is 0. The summed E-state index contributed by atoms with van der Waals surface area (Å²) < 4.78 is 1.08. The zero-order valence-corrected chi connectivity index (χ0v) is 18.6. The van der Waals surface area contributed by atoms with Crippen molar-refractivity contribution in [2.45, 2.75) is 0 Å². The molecule has 0 radical (unpaired) electrons. The second kappa shape index (κ2) is 8.75. The molecule has 0 saturated heterocycles. The summed E-state index contributed by atoms with van der Waals surface area (Å²) in [7, 11) is 0. The highest BCUT2D eigenvalue weighted by Crippen LogP contribution is 2.34. The number of hydrogen-bond acceptors (Lipinski definition) is 0. The third-order valence-corrected chi connectivity index (χ3v) is 5.96. The largest absolute Gasteiger partial charge is 0.0622 e. The van der Waals surface area contributed by atoms with Gasteiger partial charge in [0.25, 0.3) is 0 Å². The molecule has 0 bridgehead atoms. The van der Waals surface area contributed by atoms with Gasteiger partial charge in [-0.2, -0.15) is 0 Å². The topological polar surface area (TPSA) is 0 Å². The molecule has 0 saturated carbocycles. The van der Waals surface area contributed by atoms with Crippen molar-refractivity contribution in [1.82, 2.24) is 0 Å². The molecule has 0 aliphatic heterocycles. The molecule has 148 valence electrons. The molecular formula is C30H21Br. The Morgan fingerprint density at radius 3 is 1.03 bits per heavy atom. The molecule has 0 aliphatic carbocycles. The van der Waals surface area contributed by atoms with Crippen molar-refractivity contribution in [3.05, 3.63) is 132 Å². The first-order valence-electron chi connectivity index (χ1n) is 10.4. The van der Waals surface area contributed by atoms with Crippen LogP contribution in [0.3, 0.4) is 0 Å². The lowest BCUT2D eigenvalue weighted by molar-refractivity contribution is 1.55. The molecular weight excluding hydrogens is 440 g/mol. The van der Waals surface area contributed by atoms with Crippen LogP contribution in [0.15, 0.2) is 132 Å². The van der Waals surface area contributed by atoms with Crippen molar-refractivity contribution in [2.24, 2.45) is 0 Å². The van der Waals surface area contributed by atoms with Crippen molar-refractivity contribution < 1.29 is 0 Å². The molecule has 0 atom stereocenters. The Kier molecular flexibility index (Phi) is 5.52. The molecule has 5 aromatic carbocycles. The SMILES string of the molecule is Brc1cc(-c2cccc(-c3ccccc3)c2)cc(-c2cccc(-c3ccccc3)c2)c1. The quantitative estimate of drug-likeness (QED) is 0.250. The van der Waals surface area contributed by atoms with E-state index in [1.807, 2.05) is 0 Å². The van der Waals surface area contributed by atoms with Crippen molar-refractivity contribution in [2.75, 3.05) is 0 Å². The first-order chi connectivity index (χ1) is 15.3. The van der Waals surface area contributed by atoms with Crippen LogP contribution in [0, 0.1) is 0 Å². The van der Waals surface area contributed by atoms with Crippen molar-refractivity contribution in [3.63, 3.8) is 0 Å². The summed E-state index contributed by atoms with van der Waals surface area (Å²) in [5, 5.41) is 0. The minimum Gasteiger partial charge on any atom is -0.0622 e. The fraction of sp³-hybridized carbons (Fsp3) is 0. The van der Waals surface area contributed by atoms with Crippen LogP contribution >= 0.6 is 15.9 Å². The smallest absolute Gasteiger partial charge is 0.0187 e. The second-order valence-electron chi connectivity index (χ2n) is 7.62. The van der Waals surface area contributed by atoms with Gasteiger partial charge >= 0.3 is 0 Å². The Balaban J connectivity index is 1.56. The fourth-order valence-corrected chi connectivity index (χ4v) is 4.43. The zero-order valence-electron chi connectivity index (χ0n) is 17.0. The van der Waals surface area contributed by atoms with Gasteiger partial charge in [-0.15, -0.1) is 0 Å². The van der Waals surface area contributed by atoms with Crippen LogP contribution < -0.4 is 0 Å². The number of halogens is 1. The van der Waals surface area contributed by atoms with Crippen LogP contribution in [0.25, 0.3) is 44.5 Å². The number of benzene rings is 5. The minimum absolute atomic E-state index is 1.08. The summed E-state index contributed by atoms with van der Waals surface area (Å²) in [5.74, 6) is 0. The summed E-state index contributed by atoms with van der Waals surface area (Å²) in [6, 6.07) is 45.2. The summed E-state index contributed by atoms with van der Waals surface area (Å²) in [4.78, 5) is 0. The maximum absolute atomic E-state index is 3.73. The molecule has 0 aliphatic rings. The Labute approximate surface area is 192 Å². The maximum atomic E-state index is 3.73. The van der Waals surface area contributed by atoms with E-state index in [4.69, 9.17) is 0 Å². The third-order valence-electron chi connectivity index (χ3n) is 5.50. The number of hydrogen-bond donors (Lipinski definition) is 0. The average molecular weight is 461 g/mol. The molecule has 0 aromatic heterocycles. The van der Waals surface area contributed by atoms with Crippen LogP contribution in [0.2, 0.25) is 0 Å². The molecule has 0 fully saturated rings. The Bertz CT molecular complexity index is 1220.